The lowest BCUT2D eigenvalue weighted by Gasteiger charge is -2.36. The predicted molar refractivity (Wildman–Crippen MR) is 66.8 cm³/mol. The van der Waals surface area contributed by atoms with Crippen LogP contribution < -0.4 is 16.4 Å². The number of anilines is 1. The van der Waals surface area contributed by atoms with Gasteiger partial charge >= 0.3 is 0 Å². The highest BCUT2D eigenvalue weighted by Crippen LogP contribution is 2.25. The molecule has 0 spiro atoms. The van der Waals surface area contributed by atoms with Crippen LogP contribution in [0.15, 0.2) is 18.3 Å². The van der Waals surface area contributed by atoms with Gasteiger partial charge in [-0.15, -0.1) is 0 Å². The van der Waals surface area contributed by atoms with E-state index >= 15 is 0 Å². The molecule has 5 heteroatoms. The van der Waals surface area contributed by atoms with E-state index in [9.17, 15) is 4.79 Å². The van der Waals surface area contributed by atoms with Crippen LogP contribution >= 0.6 is 0 Å². The van der Waals surface area contributed by atoms with Gasteiger partial charge in [-0.05, 0) is 31.4 Å². The van der Waals surface area contributed by atoms with Gasteiger partial charge in [-0.3, -0.25) is 4.79 Å². The molecule has 1 saturated heterocycles. The lowest BCUT2D eigenvalue weighted by Crippen LogP contribution is -2.45. The van der Waals surface area contributed by atoms with E-state index in [2.05, 4.69) is 9.88 Å². The summed E-state index contributed by atoms with van der Waals surface area (Å²) in [4.78, 5) is 17.8. The summed E-state index contributed by atoms with van der Waals surface area (Å²) >= 11 is 0. The molecule has 1 aromatic heterocycles. The van der Waals surface area contributed by atoms with Gasteiger partial charge in [0.15, 0.2) is 0 Å². The maximum absolute atomic E-state index is 11.4. The first-order valence-electron chi connectivity index (χ1n) is 5.95. The monoisotopic (exact) mass is 234 g/mol. The van der Waals surface area contributed by atoms with Crippen LogP contribution in [0.2, 0.25) is 0 Å². The second kappa shape index (κ2) is 5.14. The third-order valence-electron chi connectivity index (χ3n) is 3.22. The van der Waals surface area contributed by atoms with Gasteiger partial charge in [0.2, 0.25) is 0 Å². The Bertz CT molecular complexity index is 407. The molecule has 17 heavy (non-hydrogen) atoms. The lowest BCUT2D eigenvalue weighted by molar-refractivity contribution is 0.100. The van der Waals surface area contributed by atoms with Crippen molar-refractivity contribution in [1.82, 2.24) is 4.98 Å². The van der Waals surface area contributed by atoms with E-state index in [1.807, 2.05) is 0 Å². The first-order valence-corrected chi connectivity index (χ1v) is 5.95. The van der Waals surface area contributed by atoms with E-state index in [-0.39, 0.29) is 6.04 Å². The Labute approximate surface area is 101 Å². The van der Waals surface area contributed by atoms with Crippen LogP contribution in [-0.4, -0.2) is 30.0 Å². The number of rotatable bonds is 3. The van der Waals surface area contributed by atoms with Crippen LogP contribution in [0.1, 0.15) is 29.6 Å². The van der Waals surface area contributed by atoms with E-state index in [0.29, 0.717) is 17.9 Å². The van der Waals surface area contributed by atoms with Crippen LogP contribution in [0.3, 0.4) is 0 Å². The molecule has 2 rings (SSSR count). The molecule has 0 aliphatic carbocycles. The van der Waals surface area contributed by atoms with Gasteiger partial charge in [0.1, 0.15) is 5.82 Å². The number of nitrogens with two attached hydrogens (primary N) is 2. The molecule has 1 unspecified atom stereocenters. The number of piperidine rings is 1. The number of hydrogen-bond acceptors (Lipinski definition) is 4. The Kier molecular flexibility index (Phi) is 3.58. The SMILES string of the molecule is NCC1CCCCN1c1ncccc1C(N)=O. The van der Waals surface area contributed by atoms with Crippen molar-refractivity contribution in [3.05, 3.63) is 23.9 Å². The second-order valence-corrected chi connectivity index (χ2v) is 4.32. The number of pyridine rings is 1. The zero-order chi connectivity index (χ0) is 12.3. The number of primary amides is 1. The number of carbonyl (C=O) groups is 1. The van der Waals surface area contributed by atoms with Crippen molar-refractivity contribution in [2.75, 3.05) is 18.0 Å². The minimum atomic E-state index is -0.436. The third kappa shape index (κ3) is 2.39. The van der Waals surface area contributed by atoms with E-state index in [0.717, 1.165) is 19.4 Å². The highest BCUT2D eigenvalue weighted by molar-refractivity contribution is 5.97. The van der Waals surface area contributed by atoms with Crippen LogP contribution in [-0.2, 0) is 0 Å². The minimum Gasteiger partial charge on any atom is -0.365 e. The van der Waals surface area contributed by atoms with E-state index in [4.69, 9.17) is 11.5 Å². The van der Waals surface area contributed by atoms with Crippen molar-refractivity contribution in [3.8, 4) is 0 Å². The molecule has 92 valence electrons. The summed E-state index contributed by atoms with van der Waals surface area (Å²) < 4.78 is 0. The Morgan fingerprint density at radius 1 is 1.53 bits per heavy atom. The summed E-state index contributed by atoms with van der Waals surface area (Å²) in [6.45, 7) is 1.47. The average molecular weight is 234 g/mol. The van der Waals surface area contributed by atoms with Gasteiger partial charge in [-0.2, -0.15) is 0 Å². The second-order valence-electron chi connectivity index (χ2n) is 4.32. The van der Waals surface area contributed by atoms with Gasteiger partial charge < -0.3 is 16.4 Å². The molecule has 0 aromatic carbocycles. The van der Waals surface area contributed by atoms with Crippen molar-refractivity contribution in [2.24, 2.45) is 11.5 Å². The summed E-state index contributed by atoms with van der Waals surface area (Å²) in [6, 6.07) is 3.70. The molecule has 5 nitrogen and oxygen atoms in total. The molecule has 0 radical (unpaired) electrons. The van der Waals surface area contributed by atoms with Crippen LogP contribution in [0.4, 0.5) is 5.82 Å². The topological polar surface area (TPSA) is 85.2 Å². The quantitative estimate of drug-likeness (QED) is 0.797. The Morgan fingerprint density at radius 2 is 2.35 bits per heavy atom. The minimum absolute atomic E-state index is 0.261. The highest BCUT2D eigenvalue weighted by atomic mass is 16.1. The molecule has 0 bridgehead atoms. The van der Waals surface area contributed by atoms with Gasteiger partial charge in [-0.1, -0.05) is 0 Å². The lowest BCUT2D eigenvalue weighted by atomic mass is 10.0. The van der Waals surface area contributed by atoms with Gasteiger partial charge in [0.25, 0.3) is 5.91 Å². The molecular formula is C12H18N4O. The number of carbonyl (C=O) groups excluding carboxylic acids is 1. The molecule has 1 aromatic rings. The smallest absolute Gasteiger partial charge is 0.252 e. The number of aromatic nitrogens is 1. The molecule has 1 aliphatic heterocycles. The molecule has 4 N–H and O–H groups in total. The van der Waals surface area contributed by atoms with Crippen molar-refractivity contribution >= 4 is 11.7 Å². The fourth-order valence-electron chi connectivity index (χ4n) is 2.34. The predicted octanol–water partition coefficient (Wildman–Crippen LogP) is 0.498. The molecular weight excluding hydrogens is 216 g/mol. The van der Waals surface area contributed by atoms with Crippen molar-refractivity contribution in [3.63, 3.8) is 0 Å². The normalized spacial score (nSPS) is 20.3. The van der Waals surface area contributed by atoms with Crippen LogP contribution in [0.5, 0.6) is 0 Å². The van der Waals surface area contributed by atoms with E-state index in [1.54, 1.807) is 18.3 Å². The Morgan fingerprint density at radius 3 is 3.06 bits per heavy atom. The largest absolute Gasteiger partial charge is 0.365 e. The summed E-state index contributed by atoms with van der Waals surface area (Å²) in [5.41, 5.74) is 11.6. The molecule has 0 saturated carbocycles. The first-order chi connectivity index (χ1) is 8.24. The molecule has 2 heterocycles. The van der Waals surface area contributed by atoms with Crippen LogP contribution in [0.25, 0.3) is 0 Å². The van der Waals surface area contributed by atoms with Crippen molar-refractivity contribution in [1.29, 1.82) is 0 Å². The summed E-state index contributed by atoms with van der Waals surface area (Å²) in [5, 5.41) is 0. The first kappa shape index (κ1) is 11.9. The van der Waals surface area contributed by atoms with E-state index < -0.39 is 5.91 Å². The van der Waals surface area contributed by atoms with Crippen molar-refractivity contribution < 1.29 is 4.79 Å². The van der Waals surface area contributed by atoms with E-state index in [1.165, 1.54) is 6.42 Å². The molecule has 1 amide bonds. The zero-order valence-corrected chi connectivity index (χ0v) is 9.80. The molecule has 1 fully saturated rings. The highest BCUT2D eigenvalue weighted by Gasteiger charge is 2.25. The van der Waals surface area contributed by atoms with Crippen molar-refractivity contribution in [2.45, 2.75) is 25.3 Å². The molecule has 1 atom stereocenters. The Hall–Kier alpha value is -1.62. The number of hydrogen-bond donors (Lipinski definition) is 2. The fraction of sp³-hybridized carbons (Fsp3) is 0.500. The zero-order valence-electron chi connectivity index (χ0n) is 9.80. The third-order valence-corrected chi connectivity index (χ3v) is 3.22. The summed E-state index contributed by atoms with van der Waals surface area (Å²) in [6.07, 6.45) is 5.01. The average Bonchev–Trinajstić information content (AvgIpc) is 2.38. The summed E-state index contributed by atoms with van der Waals surface area (Å²) in [5.74, 6) is 0.240. The van der Waals surface area contributed by atoms with Gasteiger partial charge in [0.05, 0.1) is 5.56 Å². The number of amides is 1. The molecule has 1 aliphatic rings. The standard InChI is InChI=1S/C12H18N4O/c13-8-9-4-1-2-7-16(9)12-10(11(14)17)5-3-6-15-12/h3,5-6,9H,1-2,4,7-8,13H2,(H2,14,17). The Balaban J connectivity index is 2.34. The van der Waals surface area contributed by atoms with Crippen LogP contribution in [0, 0.1) is 0 Å². The maximum atomic E-state index is 11.4. The van der Waals surface area contributed by atoms with Gasteiger partial charge in [-0.25, -0.2) is 4.98 Å². The fourth-order valence-corrected chi connectivity index (χ4v) is 2.34. The summed E-state index contributed by atoms with van der Waals surface area (Å²) in [7, 11) is 0. The van der Waals surface area contributed by atoms with Gasteiger partial charge in [0, 0.05) is 25.3 Å². The maximum Gasteiger partial charge on any atom is 0.252 e. The number of nitrogens with zero attached hydrogens (tertiary/aromatic N) is 2.